The average Bonchev–Trinajstić information content (AvgIpc) is 3.01. The summed E-state index contributed by atoms with van der Waals surface area (Å²) in [5, 5.41) is 0. The normalized spacial score (nSPS) is 14.9. The summed E-state index contributed by atoms with van der Waals surface area (Å²) in [6.07, 6.45) is -2.75. The Kier molecular flexibility index (Phi) is 18.6. The van der Waals surface area contributed by atoms with E-state index >= 15 is 0 Å². The summed E-state index contributed by atoms with van der Waals surface area (Å²) in [6.45, 7) is 2.23. The Morgan fingerprint density at radius 1 is 0.367 bits per heavy atom. The molecule has 0 aromatic carbocycles. The number of unbranched alkanes of at least 4 members (excludes halogenated alkanes) is 5. The molecule has 0 radical (unpaired) electrons. The van der Waals surface area contributed by atoms with E-state index in [0.29, 0.717) is 21.3 Å². The summed E-state index contributed by atoms with van der Waals surface area (Å²) in [6, 6.07) is -0.665. The summed E-state index contributed by atoms with van der Waals surface area (Å²) in [5.74, 6) is -56.5. The Labute approximate surface area is 273 Å². The monoisotopic (exact) mass is 802 g/mol. The van der Waals surface area contributed by atoms with Gasteiger partial charge in [0.25, 0.3) is 0 Å². The zero-order valence-electron chi connectivity index (χ0n) is 27.2. The van der Waals surface area contributed by atoms with Crippen molar-refractivity contribution in [2.24, 2.45) is 0 Å². The predicted octanol–water partition coefficient (Wildman–Crippen LogP) is 9.49. The minimum atomic E-state index is -8.65. The molecule has 0 unspecified atom stereocenters. The van der Waals surface area contributed by atoms with Gasteiger partial charge in [-0.3, -0.25) is 0 Å². The van der Waals surface area contributed by atoms with E-state index in [1.54, 1.807) is 21.3 Å². The van der Waals surface area contributed by atoms with Gasteiger partial charge in [-0.2, -0.15) is 74.6 Å². The smallest absolute Gasteiger partial charge is 0.377 e. The number of hydrogen-bond donors (Lipinski definition) is 0. The number of alkyl halides is 17. The van der Waals surface area contributed by atoms with Crippen molar-refractivity contribution < 1.29 is 101 Å². The first-order valence-electron chi connectivity index (χ1n) is 13.9. The van der Waals surface area contributed by atoms with Gasteiger partial charge in [0.05, 0.1) is 0 Å². The molecule has 0 aliphatic carbocycles. The van der Waals surface area contributed by atoms with Crippen molar-refractivity contribution in [1.82, 2.24) is 0 Å². The highest BCUT2D eigenvalue weighted by Crippen LogP contribution is 2.64. The lowest BCUT2D eigenvalue weighted by molar-refractivity contribution is -0.461. The second kappa shape index (κ2) is 18.2. The van der Waals surface area contributed by atoms with Crippen molar-refractivity contribution in [3.63, 3.8) is 0 Å². The zero-order chi connectivity index (χ0) is 39.6. The fourth-order valence-electron chi connectivity index (χ4n) is 3.90. The van der Waals surface area contributed by atoms with Crippen molar-refractivity contribution in [3.8, 4) is 0 Å². The third-order valence-electron chi connectivity index (χ3n) is 7.23. The van der Waals surface area contributed by atoms with E-state index in [9.17, 15) is 74.6 Å². The first-order chi connectivity index (χ1) is 21.9. The van der Waals surface area contributed by atoms with Crippen LogP contribution in [0.2, 0.25) is 12.1 Å². The molecule has 0 N–H and O–H groups in total. The van der Waals surface area contributed by atoms with Crippen molar-refractivity contribution >= 4 is 17.6 Å². The van der Waals surface area contributed by atoms with Gasteiger partial charge in [-0.15, -0.1) is 0 Å². The minimum Gasteiger partial charge on any atom is -0.377 e. The van der Waals surface area contributed by atoms with Gasteiger partial charge in [-0.1, -0.05) is 39.0 Å². The van der Waals surface area contributed by atoms with Crippen LogP contribution in [0.3, 0.4) is 0 Å². The van der Waals surface area contributed by atoms with Crippen molar-refractivity contribution in [2.75, 3.05) is 42.7 Å². The van der Waals surface area contributed by atoms with Gasteiger partial charge in [0.15, 0.2) is 0 Å². The second-order valence-corrected chi connectivity index (χ2v) is 16.4. The molecule has 0 saturated carbocycles. The first-order valence-corrected chi connectivity index (χ1v) is 17.8. The van der Waals surface area contributed by atoms with Crippen LogP contribution in [0.1, 0.15) is 51.9 Å². The molecule has 0 fully saturated rings. The maximum atomic E-state index is 13.8. The van der Waals surface area contributed by atoms with E-state index in [4.69, 9.17) is 13.3 Å². The van der Waals surface area contributed by atoms with E-state index in [0.717, 1.165) is 12.5 Å². The van der Waals surface area contributed by atoms with Gasteiger partial charge in [0.2, 0.25) is 0 Å². The van der Waals surface area contributed by atoms with Crippen LogP contribution in [0.25, 0.3) is 0 Å². The second-order valence-electron chi connectivity index (χ2n) is 10.3. The maximum Gasteiger partial charge on any atom is 0.500 e. The van der Waals surface area contributed by atoms with Crippen LogP contribution >= 0.6 is 0 Å². The number of hydrogen-bond acceptors (Lipinski definition) is 6. The molecular weight excluding hydrogens is 763 g/mol. The van der Waals surface area contributed by atoms with Gasteiger partial charge in [-0.05, 0) is 6.42 Å². The van der Waals surface area contributed by atoms with Crippen LogP contribution in [0, 0.1) is 0 Å². The lowest BCUT2D eigenvalue weighted by Crippen LogP contribution is -2.74. The molecule has 6 nitrogen and oxygen atoms in total. The lowest BCUT2D eigenvalue weighted by atomic mass is 9.88. The zero-order valence-corrected chi connectivity index (χ0v) is 29.2. The summed E-state index contributed by atoms with van der Waals surface area (Å²) in [4.78, 5) is 0. The molecule has 0 aliphatic rings. The lowest BCUT2D eigenvalue weighted by Gasteiger charge is -2.43. The summed E-state index contributed by atoms with van der Waals surface area (Å²) >= 11 is 0. The molecule has 0 spiro atoms. The number of rotatable bonds is 22. The first kappa shape index (κ1) is 50.1. The largest absolute Gasteiger partial charge is 0.500 e. The van der Waals surface area contributed by atoms with Crippen LogP contribution < -0.4 is 0 Å². The van der Waals surface area contributed by atoms with Gasteiger partial charge >= 0.3 is 65.2 Å². The number of halogens is 17. The van der Waals surface area contributed by atoms with Crippen molar-refractivity contribution in [2.45, 2.75) is 112 Å². The van der Waals surface area contributed by atoms with Crippen LogP contribution in [-0.4, -0.2) is 108 Å². The van der Waals surface area contributed by atoms with E-state index in [1.807, 2.05) is 0 Å². The summed E-state index contributed by atoms with van der Waals surface area (Å²) in [5.41, 5.74) is 0. The molecule has 0 saturated heterocycles. The standard InChI is InChI=1S/C13H13F17O3Si.C11H26O3Si/c1-31-34(32-2,33-3)5-4-6(14,15)7(16,17)8(18,19)9(20,21)10(22,23)11(24,25)12(26,27)13(28,29)30;1-5-6-7-8-9-10-11-15(12-2,13-3)14-4/h4-5H2,1-3H3;5-11H2,1-4H3. The van der Waals surface area contributed by atoms with Crippen molar-refractivity contribution in [3.05, 3.63) is 0 Å². The highest BCUT2D eigenvalue weighted by Gasteiger charge is 2.95. The van der Waals surface area contributed by atoms with E-state index in [1.165, 1.54) is 32.1 Å². The molecule has 0 atom stereocenters. The molecule has 0 aromatic heterocycles. The Bertz CT molecular complexity index is 946. The van der Waals surface area contributed by atoms with Gasteiger partial charge < -0.3 is 26.6 Å². The van der Waals surface area contributed by atoms with E-state index < -0.39 is 77.7 Å². The molecule has 0 aromatic rings. The van der Waals surface area contributed by atoms with Gasteiger partial charge in [0.1, 0.15) is 0 Å². The fraction of sp³-hybridized carbons (Fsp3) is 1.00. The van der Waals surface area contributed by atoms with Crippen LogP contribution in [0.15, 0.2) is 0 Å². The minimum absolute atomic E-state index is 0.668. The van der Waals surface area contributed by atoms with E-state index in [-0.39, 0.29) is 0 Å². The third-order valence-corrected chi connectivity index (χ3v) is 12.8. The van der Waals surface area contributed by atoms with Crippen LogP contribution in [-0.2, 0) is 26.6 Å². The fourth-order valence-corrected chi connectivity index (χ4v) is 7.43. The molecule has 298 valence electrons. The SMILES string of the molecule is CCCCCCCC[Si](OC)(OC)OC.CO[Si](CCC(F)(F)C(F)(F)C(F)(F)C(F)(F)C(F)(F)C(F)(F)C(F)(F)C(F)(F)F)(OC)OC. The summed E-state index contributed by atoms with van der Waals surface area (Å²) < 4.78 is 253. The molecule has 0 amide bonds. The molecule has 0 aliphatic heterocycles. The Morgan fingerprint density at radius 2 is 0.653 bits per heavy atom. The van der Waals surface area contributed by atoms with Crippen molar-refractivity contribution in [1.29, 1.82) is 0 Å². The quantitative estimate of drug-likeness (QED) is 0.0618. The highest BCUT2D eigenvalue weighted by atomic mass is 28.4. The Hall–Kier alpha value is -0.996. The van der Waals surface area contributed by atoms with Gasteiger partial charge in [0, 0.05) is 61.2 Å². The van der Waals surface area contributed by atoms with Gasteiger partial charge in [-0.25, -0.2) is 0 Å². The predicted molar refractivity (Wildman–Crippen MR) is 142 cm³/mol. The van der Waals surface area contributed by atoms with Crippen LogP contribution in [0.5, 0.6) is 0 Å². The maximum absolute atomic E-state index is 13.8. The summed E-state index contributed by atoms with van der Waals surface area (Å²) in [7, 11) is 0.388. The molecular formula is C24H39F17O6Si2. The highest BCUT2D eigenvalue weighted by molar-refractivity contribution is 6.60. The van der Waals surface area contributed by atoms with E-state index in [2.05, 4.69) is 20.2 Å². The Morgan fingerprint density at radius 3 is 0.980 bits per heavy atom. The molecule has 0 heterocycles. The Balaban J connectivity index is 0. The third kappa shape index (κ3) is 10.3. The molecule has 0 rings (SSSR count). The molecule has 49 heavy (non-hydrogen) atoms. The topological polar surface area (TPSA) is 55.4 Å². The average molecular weight is 803 g/mol. The van der Waals surface area contributed by atoms with Crippen LogP contribution in [0.4, 0.5) is 74.6 Å². The molecule has 25 heteroatoms. The molecule has 0 bridgehead atoms.